The van der Waals surface area contributed by atoms with Crippen molar-refractivity contribution >= 4 is 19.8 Å². The molecule has 0 heterocycles. The van der Waals surface area contributed by atoms with Crippen LogP contribution in [-0.2, 0) is 32.7 Å². The van der Waals surface area contributed by atoms with Crippen molar-refractivity contribution < 1.29 is 37.6 Å². The second kappa shape index (κ2) is 58.6. The van der Waals surface area contributed by atoms with Crippen molar-refractivity contribution in [1.29, 1.82) is 0 Å². The second-order valence-corrected chi connectivity index (χ2v) is 19.5. The smallest absolute Gasteiger partial charge is 0.462 e. The molecule has 420 valence electrons. The Hall–Kier alpha value is -4.63. The molecule has 3 N–H and O–H groups in total. The van der Waals surface area contributed by atoms with Crippen LogP contribution in [0.5, 0.6) is 0 Å². The summed E-state index contributed by atoms with van der Waals surface area (Å²) in [6.45, 7) is 3.43. The van der Waals surface area contributed by atoms with Gasteiger partial charge in [0.15, 0.2) is 6.10 Å². The van der Waals surface area contributed by atoms with E-state index in [1.54, 1.807) is 0 Å². The van der Waals surface area contributed by atoms with Crippen LogP contribution >= 0.6 is 7.82 Å². The van der Waals surface area contributed by atoms with Crippen molar-refractivity contribution in [3.63, 3.8) is 0 Å². The Labute approximate surface area is 457 Å². The van der Waals surface area contributed by atoms with Crippen LogP contribution in [0.1, 0.15) is 194 Å². The lowest BCUT2D eigenvalue weighted by molar-refractivity contribution is -0.161. The molecular formula is C65H102NO8P. The van der Waals surface area contributed by atoms with Gasteiger partial charge in [-0.05, 0) is 128 Å². The number of allylic oxidation sites excluding steroid dienone is 28. The minimum Gasteiger partial charge on any atom is -0.462 e. The maximum absolute atomic E-state index is 12.7. The molecule has 0 aliphatic heterocycles. The summed E-state index contributed by atoms with van der Waals surface area (Å²) in [5, 5.41) is 0. The van der Waals surface area contributed by atoms with Crippen molar-refractivity contribution in [2.24, 2.45) is 5.73 Å². The number of phosphoric ester groups is 1. The molecule has 0 bridgehead atoms. The quantitative estimate of drug-likeness (QED) is 0.0264. The number of esters is 2. The third kappa shape index (κ3) is 58.5. The van der Waals surface area contributed by atoms with Crippen molar-refractivity contribution in [3.05, 3.63) is 170 Å². The van der Waals surface area contributed by atoms with Gasteiger partial charge in [0.1, 0.15) is 6.61 Å². The monoisotopic (exact) mass is 1060 g/mol. The molecule has 0 fully saturated rings. The summed E-state index contributed by atoms with van der Waals surface area (Å²) >= 11 is 0. The van der Waals surface area contributed by atoms with E-state index in [9.17, 15) is 19.0 Å². The Kier molecular flexibility index (Phi) is 55.0. The first-order valence-electron chi connectivity index (χ1n) is 28.6. The van der Waals surface area contributed by atoms with Crippen LogP contribution in [-0.4, -0.2) is 49.3 Å². The molecule has 0 aromatic heterocycles. The number of hydrogen-bond acceptors (Lipinski definition) is 8. The first-order chi connectivity index (χ1) is 36.8. The second-order valence-electron chi connectivity index (χ2n) is 18.0. The Morgan fingerprint density at radius 3 is 1.04 bits per heavy atom. The van der Waals surface area contributed by atoms with Crippen molar-refractivity contribution in [2.75, 3.05) is 26.4 Å². The van der Waals surface area contributed by atoms with E-state index in [-0.39, 0.29) is 32.6 Å². The molecule has 9 nitrogen and oxygen atoms in total. The summed E-state index contributed by atoms with van der Waals surface area (Å²) in [4.78, 5) is 35.2. The standard InChI is InChI=1S/C65H102NO8P/c1-3-5-7-9-11-13-15-17-19-21-23-25-27-28-29-30-31-32-33-34-36-38-40-42-44-46-48-50-52-54-56-58-65(68)74-63(62-73-75(69,70)72-60-59-66)61-71-64(67)57-55-53-51-49-47-45-43-41-39-37-35-26-24-22-20-18-16-14-12-10-8-6-4-2/h5-8,11-14,17-20,23-26,28-29,31-32,34,36-37,39-40,42,46,48,63H,3-4,9-10,15-16,21-22,27,30,33,35,38,41,43-45,47,49-62,66H2,1-2H3,(H,69,70)/b7-5-,8-6-,13-11-,14-12-,19-17-,20-18-,25-23-,26-24-,29-28-,32-31-,36-34-,39-37-,42-40-,48-46-. The summed E-state index contributed by atoms with van der Waals surface area (Å²) in [5.74, 6) is -0.895. The van der Waals surface area contributed by atoms with Crippen LogP contribution < -0.4 is 5.73 Å². The van der Waals surface area contributed by atoms with Crippen molar-refractivity contribution in [2.45, 2.75) is 200 Å². The minimum atomic E-state index is -4.41. The van der Waals surface area contributed by atoms with E-state index in [1.807, 2.05) is 0 Å². The highest BCUT2D eigenvalue weighted by Crippen LogP contribution is 2.43. The molecule has 0 saturated heterocycles. The first kappa shape index (κ1) is 70.4. The van der Waals surface area contributed by atoms with Gasteiger partial charge in [-0.1, -0.05) is 223 Å². The summed E-state index contributed by atoms with van der Waals surface area (Å²) in [5.41, 5.74) is 5.38. The van der Waals surface area contributed by atoms with E-state index in [2.05, 4.69) is 184 Å². The predicted molar refractivity (Wildman–Crippen MR) is 320 cm³/mol. The summed E-state index contributed by atoms with van der Waals surface area (Å²) in [6.07, 6.45) is 86.8. The number of nitrogens with two attached hydrogens (primary N) is 1. The van der Waals surface area contributed by atoms with Gasteiger partial charge in [0.2, 0.25) is 0 Å². The van der Waals surface area contributed by atoms with Crippen LogP contribution in [0.3, 0.4) is 0 Å². The SMILES string of the molecule is CC/C=C\C/C=C\C/C=C\C/C=C\C/C=C\C/C=C\C/C=C\C/C=C\C/C=C\CCCCCC(=O)OC(COC(=O)CCCCCCCCC/C=C\C/C=C\C/C=C\C/C=C\C/C=C\CC)COP(=O)(O)OCCN. The van der Waals surface area contributed by atoms with E-state index in [0.29, 0.717) is 12.8 Å². The Morgan fingerprint density at radius 1 is 0.400 bits per heavy atom. The van der Waals surface area contributed by atoms with E-state index in [1.165, 1.54) is 19.3 Å². The number of rotatable bonds is 51. The Balaban J connectivity index is 4.16. The zero-order chi connectivity index (χ0) is 54.5. The third-order valence-corrected chi connectivity index (χ3v) is 12.1. The molecule has 0 aromatic carbocycles. The molecule has 0 aliphatic rings. The van der Waals surface area contributed by atoms with E-state index in [0.717, 1.165) is 135 Å². The van der Waals surface area contributed by atoms with E-state index < -0.39 is 32.5 Å². The Bertz CT molecular complexity index is 1820. The fraction of sp³-hybridized carbons (Fsp3) is 0.538. The molecular weight excluding hydrogens is 954 g/mol. The zero-order valence-corrected chi connectivity index (χ0v) is 47.6. The van der Waals surface area contributed by atoms with Gasteiger partial charge in [0.25, 0.3) is 0 Å². The predicted octanol–water partition coefficient (Wildman–Crippen LogP) is 18.3. The molecule has 2 unspecified atom stereocenters. The zero-order valence-electron chi connectivity index (χ0n) is 46.7. The molecule has 0 amide bonds. The lowest BCUT2D eigenvalue weighted by Gasteiger charge is -2.19. The number of carbonyl (C=O) groups is 2. The van der Waals surface area contributed by atoms with Gasteiger partial charge in [0.05, 0.1) is 13.2 Å². The van der Waals surface area contributed by atoms with Gasteiger partial charge in [-0.25, -0.2) is 4.57 Å². The summed E-state index contributed by atoms with van der Waals surface area (Å²) < 4.78 is 33.0. The van der Waals surface area contributed by atoms with Crippen LogP contribution in [0.4, 0.5) is 0 Å². The molecule has 0 aromatic rings. The van der Waals surface area contributed by atoms with Crippen LogP contribution in [0.25, 0.3) is 0 Å². The normalized spacial score (nSPS) is 14.3. The maximum Gasteiger partial charge on any atom is 0.472 e. The number of hydrogen-bond donors (Lipinski definition) is 2. The lowest BCUT2D eigenvalue weighted by atomic mass is 10.1. The molecule has 0 saturated carbocycles. The Morgan fingerprint density at radius 2 is 0.693 bits per heavy atom. The van der Waals surface area contributed by atoms with E-state index in [4.69, 9.17) is 24.3 Å². The van der Waals surface area contributed by atoms with Gasteiger partial charge in [-0.15, -0.1) is 0 Å². The number of ether oxygens (including phenoxy) is 2. The topological polar surface area (TPSA) is 134 Å². The summed E-state index contributed by atoms with van der Waals surface area (Å²) in [6, 6.07) is 0. The largest absolute Gasteiger partial charge is 0.472 e. The molecule has 2 atom stereocenters. The van der Waals surface area contributed by atoms with Gasteiger partial charge in [0, 0.05) is 19.4 Å². The number of unbranched alkanes of at least 4 members (excludes halogenated alkanes) is 10. The lowest BCUT2D eigenvalue weighted by Crippen LogP contribution is -2.29. The van der Waals surface area contributed by atoms with Gasteiger partial charge in [-0.2, -0.15) is 0 Å². The van der Waals surface area contributed by atoms with Gasteiger partial charge < -0.3 is 20.1 Å². The van der Waals surface area contributed by atoms with Crippen LogP contribution in [0.2, 0.25) is 0 Å². The molecule has 75 heavy (non-hydrogen) atoms. The first-order valence-corrected chi connectivity index (χ1v) is 30.1. The molecule has 0 radical (unpaired) electrons. The fourth-order valence-corrected chi connectivity index (χ4v) is 7.71. The minimum absolute atomic E-state index is 0.0354. The van der Waals surface area contributed by atoms with Crippen molar-refractivity contribution in [3.8, 4) is 0 Å². The molecule has 0 rings (SSSR count). The average Bonchev–Trinajstić information content (AvgIpc) is 3.40. The van der Waals surface area contributed by atoms with Crippen LogP contribution in [0.15, 0.2) is 170 Å². The third-order valence-electron chi connectivity index (χ3n) is 11.1. The summed E-state index contributed by atoms with van der Waals surface area (Å²) in [7, 11) is -4.41. The maximum atomic E-state index is 12.7. The van der Waals surface area contributed by atoms with Crippen molar-refractivity contribution in [1.82, 2.24) is 0 Å². The fourth-order valence-electron chi connectivity index (χ4n) is 6.95. The molecule has 10 heteroatoms. The van der Waals surface area contributed by atoms with E-state index >= 15 is 0 Å². The molecule has 0 spiro atoms. The number of carbonyl (C=O) groups excluding carboxylic acids is 2. The highest BCUT2D eigenvalue weighted by atomic mass is 31.2. The average molecular weight is 1060 g/mol. The van der Waals surface area contributed by atoms with Gasteiger partial charge in [-0.3, -0.25) is 18.6 Å². The van der Waals surface area contributed by atoms with Crippen LogP contribution in [0, 0.1) is 0 Å². The highest BCUT2D eigenvalue weighted by Gasteiger charge is 2.26. The number of phosphoric acid groups is 1. The van der Waals surface area contributed by atoms with Gasteiger partial charge >= 0.3 is 19.8 Å². The molecule has 0 aliphatic carbocycles. The highest BCUT2D eigenvalue weighted by molar-refractivity contribution is 7.47.